The van der Waals surface area contributed by atoms with E-state index in [9.17, 15) is 9.18 Å². The molecule has 0 fully saturated rings. The molecule has 136 valence electrons. The molecule has 0 saturated heterocycles. The Morgan fingerprint density at radius 1 is 1.07 bits per heavy atom. The van der Waals surface area contributed by atoms with Crippen LogP contribution in [0.3, 0.4) is 0 Å². The van der Waals surface area contributed by atoms with Crippen molar-refractivity contribution in [1.82, 2.24) is 10.2 Å². The zero-order valence-electron chi connectivity index (χ0n) is 14.5. The maximum Gasteiger partial charge on any atom is 0.257 e. The third-order valence-corrected chi connectivity index (χ3v) is 4.35. The SMILES string of the molecule is O=C(Nc1n[nH]c2ccc(OCCCF)cc12)c1cccc2ccccc12. The summed E-state index contributed by atoms with van der Waals surface area (Å²) in [5.41, 5.74) is 1.36. The summed E-state index contributed by atoms with van der Waals surface area (Å²) in [5, 5.41) is 12.6. The second-order valence-corrected chi connectivity index (χ2v) is 6.15. The fourth-order valence-corrected chi connectivity index (χ4v) is 3.02. The number of hydrogen-bond donors (Lipinski definition) is 2. The quantitative estimate of drug-likeness (QED) is 0.488. The van der Waals surface area contributed by atoms with Crippen LogP contribution in [0.2, 0.25) is 0 Å². The molecule has 0 aliphatic rings. The van der Waals surface area contributed by atoms with Gasteiger partial charge in [0.25, 0.3) is 5.91 Å². The lowest BCUT2D eigenvalue weighted by Crippen LogP contribution is -2.12. The van der Waals surface area contributed by atoms with Gasteiger partial charge in [-0.05, 0) is 35.0 Å². The number of rotatable bonds is 6. The standard InChI is InChI=1S/C21H18FN3O2/c22-11-4-12-27-15-9-10-19-18(13-15)20(25-24-19)23-21(26)17-8-3-6-14-5-1-2-7-16(14)17/h1-3,5-10,13H,4,11-12H2,(H2,23,24,25,26). The van der Waals surface area contributed by atoms with Gasteiger partial charge in [0.15, 0.2) is 5.82 Å². The molecule has 0 bridgehead atoms. The lowest BCUT2D eigenvalue weighted by atomic mass is 10.0. The molecule has 1 amide bonds. The number of H-pyrrole nitrogens is 1. The van der Waals surface area contributed by atoms with E-state index in [1.807, 2.05) is 42.5 Å². The number of halogens is 1. The van der Waals surface area contributed by atoms with E-state index in [4.69, 9.17) is 4.74 Å². The van der Waals surface area contributed by atoms with Gasteiger partial charge in [-0.1, -0.05) is 36.4 Å². The number of amides is 1. The van der Waals surface area contributed by atoms with Gasteiger partial charge in [-0.3, -0.25) is 14.3 Å². The van der Waals surface area contributed by atoms with Gasteiger partial charge in [0.05, 0.1) is 18.8 Å². The van der Waals surface area contributed by atoms with E-state index in [-0.39, 0.29) is 5.91 Å². The molecule has 4 aromatic rings. The number of carbonyl (C=O) groups is 1. The van der Waals surface area contributed by atoms with E-state index in [1.165, 1.54) is 0 Å². The topological polar surface area (TPSA) is 67.0 Å². The summed E-state index contributed by atoms with van der Waals surface area (Å²) >= 11 is 0. The Morgan fingerprint density at radius 3 is 2.81 bits per heavy atom. The lowest BCUT2D eigenvalue weighted by molar-refractivity contribution is 0.102. The third-order valence-electron chi connectivity index (χ3n) is 4.35. The fraction of sp³-hybridized carbons (Fsp3) is 0.143. The van der Waals surface area contributed by atoms with E-state index in [0.29, 0.717) is 30.2 Å². The van der Waals surface area contributed by atoms with Crippen LogP contribution in [0.5, 0.6) is 5.75 Å². The van der Waals surface area contributed by atoms with Gasteiger partial charge in [-0.2, -0.15) is 5.10 Å². The van der Waals surface area contributed by atoms with Crippen molar-refractivity contribution in [3.63, 3.8) is 0 Å². The highest BCUT2D eigenvalue weighted by Crippen LogP contribution is 2.27. The summed E-state index contributed by atoms with van der Waals surface area (Å²) < 4.78 is 17.8. The van der Waals surface area contributed by atoms with Crippen molar-refractivity contribution in [1.29, 1.82) is 0 Å². The summed E-state index contributed by atoms with van der Waals surface area (Å²) in [6.07, 6.45) is 0.341. The van der Waals surface area contributed by atoms with Crippen LogP contribution in [-0.4, -0.2) is 29.4 Å². The highest BCUT2D eigenvalue weighted by Gasteiger charge is 2.14. The molecule has 1 heterocycles. The number of alkyl halides is 1. The van der Waals surface area contributed by atoms with Crippen LogP contribution in [0.15, 0.2) is 60.7 Å². The number of fused-ring (bicyclic) bond motifs is 2. The molecule has 0 unspecified atom stereocenters. The van der Waals surface area contributed by atoms with Crippen molar-refractivity contribution in [3.8, 4) is 5.75 Å². The van der Waals surface area contributed by atoms with E-state index in [1.54, 1.807) is 18.2 Å². The van der Waals surface area contributed by atoms with Crippen LogP contribution < -0.4 is 10.1 Å². The van der Waals surface area contributed by atoms with Crippen molar-refractivity contribution in [3.05, 3.63) is 66.2 Å². The molecule has 4 rings (SSSR count). The van der Waals surface area contributed by atoms with Gasteiger partial charge < -0.3 is 10.1 Å². The van der Waals surface area contributed by atoms with Crippen LogP contribution in [0.25, 0.3) is 21.7 Å². The lowest BCUT2D eigenvalue weighted by Gasteiger charge is -2.07. The Morgan fingerprint density at radius 2 is 1.93 bits per heavy atom. The minimum Gasteiger partial charge on any atom is -0.493 e. The minimum absolute atomic E-state index is 0.232. The zero-order chi connectivity index (χ0) is 18.6. The van der Waals surface area contributed by atoms with Gasteiger partial charge in [-0.15, -0.1) is 0 Å². The van der Waals surface area contributed by atoms with Crippen molar-refractivity contribution < 1.29 is 13.9 Å². The van der Waals surface area contributed by atoms with Gasteiger partial charge >= 0.3 is 0 Å². The van der Waals surface area contributed by atoms with Gasteiger partial charge in [-0.25, -0.2) is 0 Å². The van der Waals surface area contributed by atoms with Crippen LogP contribution in [0.1, 0.15) is 16.8 Å². The summed E-state index contributed by atoms with van der Waals surface area (Å²) in [6.45, 7) is -0.113. The minimum atomic E-state index is -0.416. The number of nitrogens with one attached hydrogen (secondary N) is 2. The Hall–Kier alpha value is -3.41. The maximum absolute atomic E-state index is 12.8. The molecular weight excluding hydrogens is 345 g/mol. The second-order valence-electron chi connectivity index (χ2n) is 6.15. The van der Waals surface area contributed by atoms with Crippen molar-refractivity contribution in [2.45, 2.75) is 6.42 Å². The number of nitrogens with zero attached hydrogens (tertiary/aromatic N) is 1. The molecule has 0 aliphatic heterocycles. The van der Waals surface area contributed by atoms with Crippen molar-refractivity contribution in [2.75, 3.05) is 18.6 Å². The molecule has 1 aromatic heterocycles. The molecule has 6 heteroatoms. The zero-order valence-corrected chi connectivity index (χ0v) is 14.5. The normalized spacial score (nSPS) is 11.0. The average Bonchev–Trinajstić information content (AvgIpc) is 3.10. The molecule has 0 radical (unpaired) electrons. The molecule has 0 atom stereocenters. The van der Waals surface area contributed by atoms with Crippen LogP contribution >= 0.6 is 0 Å². The monoisotopic (exact) mass is 363 g/mol. The average molecular weight is 363 g/mol. The van der Waals surface area contributed by atoms with Gasteiger partial charge in [0, 0.05) is 17.4 Å². The predicted molar refractivity (Wildman–Crippen MR) is 104 cm³/mol. The Balaban J connectivity index is 1.62. The number of ether oxygens (including phenoxy) is 1. The van der Waals surface area contributed by atoms with E-state index in [0.717, 1.165) is 21.7 Å². The van der Waals surface area contributed by atoms with Crippen LogP contribution in [0, 0.1) is 0 Å². The number of carbonyl (C=O) groups excluding carboxylic acids is 1. The first-order valence-corrected chi connectivity index (χ1v) is 8.72. The highest BCUT2D eigenvalue weighted by molar-refractivity contribution is 6.14. The summed E-state index contributed by atoms with van der Waals surface area (Å²) in [4.78, 5) is 12.8. The first kappa shape index (κ1) is 17.0. The number of aromatic nitrogens is 2. The van der Waals surface area contributed by atoms with Crippen LogP contribution in [0.4, 0.5) is 10.2 Å². The van der Waals surface area contributed by atoms with E-state index < -0.39 is 6.67 Å². The molecule has 0 saturated carbocycles. The molecule has 27 heavy (non-hydrogen) atoms. The Labute approximate surface area is 155 Å². The number of aromatic amines is 1. The van der Waals surface area contributed by atoms with Crippen molar-refractivity contribution in [2.24, 2.45) is 0 Å². The summed E-state index contributed by atoms with van der Waals surface area (Å²) in [5.74, 6) is 0.806. The Kier molecular flexibility index (Phi) is 4.70. The number of anilines is 1. The summed E-state index contributed by atoms with van der Waals surface area (Å²) in [6, 6.07) is 18.7. The van der Waals surface area contributed by atoms with Crippen molar-refractivity contribution >= 4 is 33.4 Å². The van der Waals surface area contributed by atoms with E-state index >= 15 is 0 Å². The molecule has 3 aromatic carbocycles. The molecule has 2 N–H and O–H groups in total. The smallest absolute Gasteiger partial charge is 0.257 e. The molecule has 0 spiro atoms. The molecule has 5 nitrogen and oxygen atoms in total. The maximum atomic E-state index is 12.8. The Bertz CT molecular complexity index is 1100. The first-order valence-electron chi connectivity index (χ1n) is 8.72. The highest BCUT2D eigenvalue weighted by atomic mass is 19.1. The van der Waals surface area contributed by atoms with Gasteiger partial charge in [0.2, 0.25) is 0 Å². The van der Waals surface area contributed by atoms with E-state index in [2.05, 4.69) is 15.5 Å². The third kappa shape index (κ3) is 3.46. The number of hydrogen-bond acceptors (Lipinski definition) is 3. The molecule has 0 aliphatic carbocycles. The van der Waals surface area contributed by atoms with Gasteiger partial charge in [0.1, 0.15) is 5.75 Å². The van der Waals surface area contributed by atoms with Crippen LogP contribution in [-0.2, 0) is 0 Å². The molecular formula is C21H18FN3O2. The summed E-state index contributed by atoms with van der Waals surface area (Å²) in [7, 11) is 0. The predicted octanol–water partition coefficient (Wildman–Crippen LogP) is 4.71. The number of benzene rings is 3. The first-order chi connectivity index (χ1) is 13.3. The fourth-order valence-electron chi connectivity index (χ4n) is 3.02. The second kappa shape index (κ2) is 7.45. The largest absolute Gasteiger partial charge is 0.493 e.